The number of esters is 1. The fourth-order valence-electron chi connectivity index (χ4n) is 2.05. The number of carbonyl (C=O) groups excluding carboxylic acids is 3. The van der Waals surface area contributed by atoms with Crippen LogP contribution < -0.4 is 5.32 Å². The fourth-order valence-corrected chi connectivity index (χ4v) is 2.05. The molecule has 1 atom stereocenters. The standard InChI is InChI=1S/C17H18N2O4/c1-12(20)15(10-13-6-3-2-4-7-13)19-16(21)11-23-17(22)14-8-5-9-18-14/h2-9,15,18H,10-11H2,1H3,(H,19,21)/t15-/m0/s1. The maximum atomic E-state index is 11.9. The number of aromatic amines is 1. The van der Waals surface area contributed by atoms with E-state index < -0.39 is 24.5 Å². The molecule has 0 fully saturated rings. The number of benzene rings is 1. The number of hydrogen-bond acceptors (Lipinski definition) is 4. The number of hydrogen-bond donors (Lipinski definition) is 2. The molecule has 1 amide bonds. The van der Waals surface area contributed by atoms with E-state index in [1.54, 1.807) is 18.3 Å². The Morgan fingerprint density at radius 1 is 1.13 bits per heavy atom. The molecule has 23 heavy (non-hydrogen) atoms. The number of amides is 1. The van der Waals surface area contributed by atoms with E-state index in [4.69, 9.17) is 4.74 Å². The second kappa shape index (κ2) is 7.93. The number of aromatic nitrogens is 1. The molecule has 0 unspecified atom stereocenters. The predicted octanol–water partition coefficient (Wildman–Crippen LogP) is 1.49. The third-order valence-corrected chi connectivity index (χ3v) is 3.26. The lowest BCUT2D eigenvalue weighted by Gasteiger charge is -2.16. The van der Waals surface area contributed by atoms with E-state index in [-0.39, 0.29) is 11.5 Å². The fraction of sp³-hybridized carbons (Fsp3) is 0.235. The first-order chi connectivity index (χ1) is 11.1. The number of ether oxygens (including phenoxy) is 1. The average molecular weight is 314 g/mol. The molecule has 0 radical (unpaired) electrons. The van der Waals surface area contributed by atoms with Crippen LogP contribution in [0.5, 0.6) is 0 Å². The normalized spacial score (nSPS) is 11.5. The van der Waals surface area contributed by atoms with Gasteiger partial charge in [-0.15, -0.1) is 0 Å². The average Bonchev–Trinajstić information content (AvgIpc) is 3.07. The summed E-state index contributed by atoms with van der Waals surface area (Å²) in [5.41, 5.74) is 1.21. The highest BCUT2D eigenvalue weighted by molar-refractivity contribution is 5.91. The summed E-state index contributed by atoms with van der Waals surface area (Å²) in [5, 5.41) is 2.59. The Morgan fingerprint density at radius 2 is 1.87 bits per heavy atom. The van der Waals surface area contributed by atoms with Gasteiger partial charge in [0.1, 0.15) is 5.69 Å². The van der Waals surface area contributed by atoms with Crippen LogP contribution in [0.4, 0.5) is 0 Å². The Hall–Kier alpha value is -2.89. The minimum absolute atomic E-state index is 0.155. The maximum Gasteiger partial charge on any atom is 0.355 e. The highest BCUT2D eigenvalue weighted by Gasteiger charge is 2.19. The molecule has 0 aliphatic heterocycles. The molecule has 0 aliphatic rings. The van der Waals surface area contributed by atoms with E-state index >= 15 is 0 Å². The molecule has 2 aromatic rings. The lowest BCUT2D eigenvalue weighted by molar-refractivity contribution is -0.128. The topological polar surface area (TPSA) is 88.3 Å². The molecule has 2 N–H and O–H groups in total. The van der Waals surface area contributed by atoms with Gasteiger partial charge in [-0.1, -0.05) is 30.3 Å². The summed E-state index contributed by atoms with van der Waals surface area (Å²) in [6, 6.07) is 11.9. The first-order valence-corrected chi connectivity index (χ1v) is 7.20. The lowest BCUT2D eigenvalue weighted by atomic mass is 10.0. The Bertz CT molecular complexity index is 665. The molecule has 6 heteroatoms. The van der Waals surface area contributed by atoms with Crippen LogP contribution in [0.25, 0.3) is 0 Å². The third-order valence-electron chi connectivity index (χ3n) is 3.26. The molecular formula is C17H18N2O4. The van der Waals surface area contributed by atoms with Crippen molar-refractivity contribution in [2.24, 2.45) is 0 Å². The van der Waals surface area contributed by atoms with E-state index in [1.807, 2.05) is 30.3 Å². The Morgan fingerprint density at radius 3 is 2.48 bits per heavy atom. The van der Waals surface area contributed by atoms with Crippen molar-refractivity contribution >= 4 is 17.7 Å². The molecule has 0 bridgehead atoms. The quantitative estimate of drug-likeness (QED) is 0.758. The second-order valence-electron chi connectivity index (χ2n) is 5.08. The lowest BCUT2D eigenvalue weighted by Crippen LogP contribution is -2.43. The van der Waals surface area contributed by atoms with E-state index in [1.165, 1.54) is 6.92 Å². The summed E-state index contributed by atoms with van der Waals surface area (Å²) >= 11 is 0. The summed E-state index contributed by atoms with van der Waals surface area (Å²) in [7, 11) is 0. The molecular weight excluding hydrogens is 296 g/mol. The maximum absolute atomic E-state index is 11.9. The van der Waals surface area contributed by atoms with E-state index in [0.717, 1.165) is 5.56 Å². The number of ketones is 1. The van der Waals surface area contributed by atoms with Gasteiger partial charge in [0.05, 0.1) is 6.04 Å². The van der Waals surface area contributed by atoms with Crippen LogP contribution in [0.3, 0.4) is 0 Å². The minimum atomic E-state index is -0.644. The van der Waals surface area contributed by atoms with Crippen molar-refractivity contribution in [2.45, 2.75) is 19.4 Å². The zero-order valence-corrected chi connectivity index (χ0v) is 12.7. The Balaban J connectivity index is 1.86. The van der Waals surface area contributed by atoms with Crippen molar-refractivity contribution in [1.29, 1.82) is 0 Å². The van der Waals surface area contributed by atoms with Crippen molar-refractivity contribution in [3.8, 4) is 0 Å². The van der Waals surface area contributed by atoms with Gasteiger partial charge >= 0.3 is 5.97 Å². The SMILES string of the molecule is CC(=O)[C@H](Cc1ccccc1)NC(=O)COC(=O)c1ccc[nH]1. The van der Waals surface area contributed by atoms with Gasteiger partial charge in [-0.05, 0) is 31.0 Å². The Kier molecular flexibility index (Phi) is 5.68. The molecule has 0 aliphatic carbocycles. The van der Waals surface area contributed by atoms with Crippen molar-refractivity contribution in [3.05, 3.63) is 59.9 Å². The summed E-state index contributed by atoms with van der Waals surface area (Å²) in [4.78, 5) is 37.9. The van der Waals surface area contributed by atoms with Gasteiger partial charge < -0.3 is 15.0 Å². The zero-order valence-electron chi connectivity index (χ0n) is 12.7. The smallest absolute Gasteiger partial charge is 0.355 e. The van der Waals surface area contributed by atoms with Gasteiger partial charge in [0.15, 0.2) is 12.4 Å². The van der Waals surface area contributed by atoms with Gasteiger partial charge in [-0.2, -0.15) is 0 Å². The first-order valence-electron chi connectivity index (χ1n) is 7.20. The van der Waals surface area contributed by atoms with Gasteiger partial charge in [0.2, 0.25) is 0 Å². The molecule has 0 spiro atoms. The van der Waals surface area contributed by atoms with Crippen LogP contribution in [-0.2, 0) is 20.7 Å². The van der Waals surface area contributed by atoms with E-state index in [9.17, 15) is 14.4 Å². The zero-order chi connectivity index (χ0) is 16.7. The highest BCUT2D eigenvalue weighted by Crippen LogP contribution is 2.04. The molecule has 120 valence electrons. The third kappa shape index (κ3) is 5.10. The molecule has 1 aromatic carbocycles. The molecule has 0 saturated heterocycles. The summed E-state index contributed by atoms with van der Waals surface area (Å²) < 4.78 is 4.89. The number of nitrogens with one attached hydrogen (secondary N) is 2. The second-order valence-corrected chi connectivity index (χ2v) is 5.08. The van der Waals surface area contributed by atoms with Crippen molar-refractivity contribution in [3.63, 3.8) is 0 Å². The molecule has 2 rings (SSSR count). The van der Waals surface area contributed by atoms with Crippen LogP contribution in [0.15, 0.2) is 48.7 Å². The van der Waals surface area contributed by atoms with Crippen molar-refractivity contribution < 1.29 is 19.1 Å². The first kappa shape index (κ1) is 16.5. The van der Waals surface area contributed by atoms with Crippen LogP contribution in [0.1, 0.15) is 23.0 Å². The largest absolute Gasteiger partial charge is 0.451 e. The Labute approximate surface area is 133 Å². The number of carbonyl (C=O) groups is 3. The summed E-state index contributed by atoms with van der Waals surface area (Å²) in [5.74, 6) is -1.29. The predicted molar refractivity (Wildman–Crippen MR) is 83.8 cm³/mol. The van der Waals surface area contributed by atoms with Crippen molar-refractivity contribution in [2.75, 3.05) is 6.61 Å². The molecule has 1 heterocycles. The number of rotatable bonds is 7. The summed E-state index contributed by atoms with van der Waals surface area (Å²) in [6.45, 7) is 0.981. The molecule has 6 nitrogen and oxygen atoms in total. The van der Waals surface area contributed by atoms with E-state index in [0.29, 0.717) is 6.42 Å². The molecule has 1 aromatic heterocycles. The van der Waals surface area contributed by atoms with Crippen LogP contribution in [-0.4, -0.2) is 35.3 Å². The van der Waals surface area contributed by atoms with Gasteiger partial charge in [-0.25, -0.2) is 4.79 Å². The van der Waals surface area contributed by atoms with Gasteiger partial charge in [-0.3, -0.25) is 9.59 Å². The van der Waals surface area contributed by atoms with Crippen LogP contribution in [0.2, 0.25) is 0 Å². The summed E-state index contributed by atoms with van der Waals surface area (Å²) in [6.07, 6.45) is 1.98. The highest BCUT2D eigenvalue weighted by atomic mass is 16.5. The monoisotopic (exact) mass is 314 g/mol. The van der Waals surface area contributed by atoms with Crippen molar-refractivity contribution in [1.82, 2.24) is 10.3 Å². The van der Waals surface area contributed by atoms with Gasteiger partial charge in [0, 0.05) is 6.20 Å². The van der Waals surface area contributed by atoms with Gasteiger partial charge in [0.25, 0.3) is 5.91 Å². The number of Topliss-reactive ketones (excluding diaryl/α,β-unsaturated/α-hetero) is 1. The van der Waals surface area contributed by atoms with E-state index in [2.05, 4.69) is 10.3 Å². The molecule has 0 saturated carbocycles. The number of H-pyrrole nitrogens is 1. The van der Waals surface area contributed by atoms with Crippen LogP contribution in [0, 0.1) is 0 Å². The van der Waals surface area contributed by atoms with Crippen LogP contribution >= 0.6 is 0 Å². The minimum Gasteiger partial charge on any atom is -0.451 e.